The highest BCUT2D eigenvalue weighted by Gasteiger charge is 2.41. The summed E-state index contributed by atoms with van der Waals surface area (Å²) < 4.78 is 0. The molecule has 3 aliphatic rings. The maximum atomic E-state index is 13.8. The average Bonchev–Trinajstić information content (AvgIpc) is 3.53. The molecule has 2 saturated heterocycles. The number of rotatable bonds is 5. The number of hydrogen-bond acceptors (Lipinski definition) is 5. The number of nitrogens with zero attached hydrogens (tertiary/aromatic N) is 2. The molecule has 3 atom stereocenters. The Morgan fingerprint density at radius 3 is 2.59 bits per heavy atom. The van der Waals surface area contributed by atoms with E-state index in [1.54, 1.807) is 0 Å². The number of para-hydroxylation sites is 1. The van der Waals surface area contributed by atoms with Crippen molar-refractivity contribution in [1.29, 1.82) is 0 Å². The lowest BCUT2D eigenvalue weighted by Gasteiger charge is -2.44. The summed E-state index contributed by atoms with van der Waals surface area (Å²) >= 11 is 0. The molecule has 2 fully saturated rings. The highest BCUT2D eigenvalue weighted by atomic mass is 16.2. The largest absolute Gasteiger partial charge is 0.380 e. The highest BCUT2D eigenvalue weighted by Crippen LogP contribution is 2.31. The zero-order chi connectivity index (χ0) is 23.1. The molecule has 3 N–H and O–H groups in total. The molecular weight excluding hydrogens is 426 g/mol. The van der Waals surface area contributed by atoms with Crippen LogP contribution in [0.25, 0.3) is 10.9 Å². The van der Waals surface area contributed by atoms with Gasteiger partial charge in [-0.15, -0.1) is 0 Å². The van der Waals surface area contributed by atoms with Crippen LogP contribution >= 0.6 is 0 Å². The second-order valence-corrected chi connectivity index (χ2v) is 9.69. The molecule has 0 bridgehead atoms. The molecule has 0 radical (unpaired) electrons. The average molecular weight is 458 g/mol. The fraction of sp³-hybridized carbons (Fsp3) is 0.407. The lowest BCUT2D eigenvalue weighted by atomic mass is 9.88. The van der Waals surface area contributed by atoms with Gasteiger partial charge in [-0.05, 0) is 49.1 Å². The summed E-state index contributed by atoms with van der Waals surface area (Å²) in [4.78, 5) is 33.7. The Hall–Kier alpha value is -3.32. The zero-order valence-electron chi connectivity index (χ0n) is 19.3. The number of carbonyl (C=O) groups is 2. The molecular formula is C27H31N5O2. The van der Waals surface area contributed by atoms with Crippen LogP contribution in [-0.2, 0) is 16.0 Å². The zero-order valence-corrected chi connectivity index (χ0v) is 19.3. The number of aryl methyl sites for hydroxylation is 1. The number of nitrogens with one attached hydrogen (secondary N) is 3. The van der Waals surface area contributed by atoms with Gasteiger partial charge in [-0.1, -0.05) is 24.3 Å². The summed E-state index contributed by atoms with van der Waals surface area (Å²) in [6, 6.07) is 16.3. The minimum atomic E-state index is -0.372. The quantitative estimate of drug-likeness (QED) is 0.549. The van der Waals surface area contributed by atoms with Gasteiger partial charge < -0.3 is 20.5 Å². The Morgan fingerprint density at radius 1 is 0.912 bits per heavy atom. The molecule has 176 valence electrons. The van der Waals surface area contributed by atoms with Crippen LogP contribution in [0.2, 0.25) is 0 Å². The van der Waals surface area contributed by atoms with Crippen molar-refractivity contribution in [2.24, 2.45) is 0 Å². The molecule has 4 heterocycles. The number of amides is 1. The van der Waals surface area contributed by atoms with Crippen LogP contribution in [0.1, 0.15) is 24.8 Å². The molecule has 0 aliphatic carbocycles. The van der Waals surface area contributed by atoms with E-state index in [0.717, 1.165) is 50.2 Å². The second-order valence-electron chi connectivity index (χ2n) is 9.69. The van der Waals surface area contributed by atoms with Crippen molar-refractivity contribution < 1.29 is 9.59 Å². The molecule has 1 amide bonds. The molecule has 6 rings (SSSR count). The Bertz CT molecular complexity index is 1210. The number of piperazine rings is 1. The van der Waals surface area contributed by atoms with Gasteiger partial charge in [0.1, 0.15) is 0 Å². The van der Waals surface area contributed by atoms with Crippen molar-refractivity contribution in [1.82, 2.24) is 15.2 Å². The summed E-state index contributed by atoms with van der Waals surface area (Å²) in [7, 11) is 0. The summed E-state index contributed by atoms with van der Waals surface area (Å²) in [5.74, 6) is 0.146. The van der Waals surface area contributed by atoms with Gasteiger partial charge >= 0.3 is 0 Å². The van der Waals surface area contributed by atoms with E-state index in [4.69, 9.17) is 0 Å². The second kappa shape index (κ2) is 8.80. The van der Waals surface area contributed by atoms with Crippen LogP contribution in [-0.4, -0.2) is 65.9 Å². The number of fused-ring (bicyclic) bond motifs is 2. The molecule has 3 aliphatic heterocycles. The minimum absolute atomic E-state index is 0.0107. The van der Waals surface area contributed by atoms with Gasteiger partial charge in [0.05, 0.1) is 12.1 Å². The van der Waals surface area contributed by atoms with Gasteiger partial charge in [0, 0.05) is 67.1 Å². The van der Waals surface area contributed by atoms with Crippen molar-refractivity contribution in [2.75, 3.05) is 36.4 Å². The van der Waals surface area contributed by atoms with Crippen LogP contribution in [0.15, 0.2) is 54.7 Å². The Kier molecular flexibility index (Phi) is 5.49. The monoisotopic (exact) mass is 457 g/mol. The predicted molar refractivity (Wildman–Crippen MR) is 134 cm³/mol. The van der Waals surface area contributed by atoms with E-state index in [1.165, 1.54) is 16.6 Å². The van der Waals surface area contributed by atoms with E-state index >= 15 is 0 Å². The molecule has 1 aromatic heterocycles. The standard InChI is InChI=1S/C27H31N5O2/c33-25-11-10-23(30-25)27(34)26(22-9-8-18-4-1-2-5-20(18)29-22)32-16-14-31(15-17-32)24-7-3-6-21-19(24)12-13-28-21/h1-7,12-13,22-23,26,28-29H,8-11,14-17H2,(H,30,33)/t22?,23-,26?/m0/s1. The van der Waals surface area contributed by atoms with Crippen molar-refractivity contribution in [3.63, 3.8) is 0 Å². The summed E-state index contributed by atoms with van der Waals surface area (Å²) in [5.41, 5.74) is 4.83. The first kappa shape index (κ1) is 21.2. The van der Waals surface area contributed by atoms with Crippen LogP contribution in [0.4, 0.5) is 11.4 Å². The van der Waals surface area contributed by atoms with Gasteiger partial charge in [-0.3, -0.25) is 14.5 Å². The number of ketones is 1. The molecule has 2 unspecified atom stereocenters. The summed E-state index contributed by atoms with van der Waals surface area (Å²) in [6.45, 7) is 3.37. The van der Waals surface area contributed by atoms with Gasteiger partial charge in [-0.25, -0.2) is 0 Å². The molecule has 7 heteroatoms. The molecule has 0 saturated carbocycles. The fourth-order valence-corrected chi connectivity index (χ4v) is 5.95. The predicted octanol–water partition coefficient (Wildman–Crippen LogP) is 2.93. The van der Waals surface area contributed by atoms with Gasteiger partial charge in [0.15, 0.2) is 5.78 Å². The summed E-state index contributed by atoms with van der Waals surface area (Å²) in [6.07, 6.45) is 4.91. The fourth-order valence-electron chi connectivity index (χ4n) is 5.95. The van der Waals surface area contributed by atoms with Crippen LogP contribution in [0.5, 0.6) is 0 Å². The first-order valence-corrected chi connectivity index (χ1v) is 12.4. The first-order chi connectivity index (χ1) is 16.7. The van der Waals surface area contributed by atoms with Crippen LogP contribution in [0, 0.1) is 0 Å². The van der Waals surface area contributed by atoms with E-state index < -0.39 is 0 Å². The topological polar surface area (TPSA) is 80.5 Å². The number of hydrogen-bond donors (Lipinski definition) is 3. The Morgan fingerprint density at radius 2 is 1.76 bits per heavy atom. The van der Waals surface area contributed by atoms with Crippen molar-refractivity contribution in [3.05, 3.63) is 60.3 Å². The lowest BCUT2D eigenvalue weighted by Crippen LogP contribution is -2.61. The molecule has 34 heavy (non-hydrogen) atoms. The lowest BCUT2D eigenvalue weighted by molar-refractivity contribution is -0.128. The van der Waals surface area contributed by atoms with E-state index in [0.29, 0.717) is 12.8 Å². The smallest absolute Gasteiger partial charge is 0.220 e. The normalized spacial score (nSPS) is 23.9. The van der Waals surface area contributed by atoms with Crippen molar-refractivity contribution in [2.45, 2.75) is 43.8 Å². The summed E-state index contributed by atoms with van der Waals surface area (Å²) in [5, 5.41) is 7.85. The number of aromatic amines is 1. The number of aromatic nitrogens is 1. The first-order valence-electron chi connectivity index (χ1n) is 12.4. The third-order valence-electron chi connectivity index (χ3n) is 7.71. The van der Waals surface area contributed by atoms with E-state index in [2.05, 4.69) is 67.9 Å². The maximum Gasteiger partial charge on any atom is 0.220 e. The molecule has 7 nitrogen and oxygen atoms in total. The van der Waals surface area contributed by atoms with E-state index in [-0.39, 0.29) is 29.8 Å². The number of carbonyl (C=O) groups excluding carboxylic acids is 2. The number of H-pyrrole nitrogens is 1. The van der Waals surface area contributed by atoms with Crippen LogP contribution < -0.4 is 15.5 Å². The Balaban J connectivity index is 1.23. The molecule has 3 aromatic rings. The maximum absolute atomic E-state index is 13.8. The third kappa shape index (κ3) is 3.84. The number of anilines is 2. The SMILES string of the molecule is O=C1CC[C@@H](C(=O)C(C2CCc3ccccc3N2)N2CCN(c3cccc4[nH]ccc34)CC2)N1. The number of benzene rings is 2. The van der Waals surface area contributed by atoms with Gasteiger partial charge in [0.2, 0.25) is 5.91 Å². The third-order valence-corrected chi connectivity index (χ3v) is 7.71. The number of Topliss-reactive ketones (excluding diaryl/α,β-unsaturated/α-hetero) is 1. The van der Waals surface area contributed by atoms with Gasteiger partial charge in [-0.2, -0.15) is 0 Å². The highest BCUT2D eigenvalue weighted by molar-refractivity contribution is 5.96. The van der Waals surface area contributed by atoms with Crippen LogP contribution in [0.3, 0.4) is 0 Å². The molecule has 0 spiro atoms. The van der Waals surface area contributed by atoms with E-state index in [1.807, 2.05) is 12.3 Å². The Labute approximate surface area is 199 Å². The molecule has 2 aromatic carbocycles. The van der Waals surface area contributed by atoms with Gasteiger partial charge in [0.25, 0.3) is 0 Å². The van der Waals surface area contributed by atoms with Crippen molar-refractivity contribution >= 4 is 34.0 Å². The minimum Gasteiger partial charge on any atom is -0.380 e. The van der Waals surface area contributed by atoms with E-state index in [9.17, 15) is 9.59 Å². The van der Waals surface area contributed by atoms with Crippen molar-refractivity contribution in [3.8, 4) is 0 Å².